The van der Waals surface area contributed by atoms with Gasteiger partial charge >= 0.3 is 0 Å². The second kappa shape index (κ2) is 9.02. The highest BCUT2D eigenvalue weighted by Crippen LogP contribution is 2.35. The molecule has 32 heavy (non-hydrogen) atoms. The van der Waals surface area contributed by atoms with Gasteiger partial charge in [0.15, 0.2) is 5.82 Å². The number of hydrogen-bond donors (Lipinski definition) is 1. The normalized spacial score (nSPS) is 21.2. The van der Waals surface area contributed by atoms with Crippen molar-refractivity contribution in [3.05, 3.63) is 46.0 Å². The summed E-state index contributed by atoms with van der Waals surface area (Å²) in [4.78, 5) is 18.8. The second-order valence-electron chi connectivity index (χ2n) is 9.30. The molecule has 2 atom stereocenters. The molecule has 0 amide bonds. The first-order chi connectivity index (χ1) is 15.6. The Labute approximate surface area is 188 Å². The van der Waals surface area contributed by atoms with E-state index in [1.807, 2.05) is 35.9 Å². The van der Waals surface area contributed by atoms with Crippen molar-refractivity contribution in [1.82, 2.24) is 30.1 Å². The van der Waals surface area contributed by atoms with E-state index in [1.165, 1.54) is 19.3 Å². The Hall–Kier alpha value is -2.74. The van der Waals surface area contributed by atoms with Crippen LogP contribution in [0, 0.1) is 5.92 Å². The van der Waals surface area contributed by atoms with Crippen LogP contribution in [0.3, 0.4) is 0 Å². The largest absolute Gasteiger partial charge is 0.494 e. The number of rotatable bonds is 6. The summed E-state index contributed by atoms with van der Waals surface area (Å²) in [5.41, 5.74) is 1.43. The van der Waals surface area contributed by atoms with E-state index in [0.717, 1.165) is 54.8 Å². The van der Waals surface area contributed by atoms with Crippen LogP contribution in [0.5, 0.6) is 5.75 Å². The van der Waals surface area contributed by atoms with Gasteiger partial charge in [-0.2, -0.15) is 0 Å². The van der Waals surface area contributed by atoms with Crippen LogP contribution in [0.15, 0.2) is 29.1 Å². The van der Waals surface area contributed by atoms with E-state index in [4.69, 9.17) is 4.74 Å². The second-order valence-corrected chi connectivity index (χ2v) is 9.30. The highest BCUT2D eigenvalue weighted by molar-refractivity contribution is 5.80. The fourth-order valence-corrected chi connectivity index (χ4v) is 5.41. The third-order valence-corrected chi connectivity index (χ3v) is 6.94. The van der Waals surface area contributed by atoms with E-state index in [9.17, 15) is 4.79 Å². The lowest BCUT2D eigenvalue weighted by molar-refractivity contribution is 0.139. The summed E-state index contributed by atoms with van der Waals surface area (Å²) in [7, 11) is 0. The molecule has 2 aliphatic rings. The minimum atomic E-state index is -0.266. The van der Waals surface area contributed by atoms with E-state index >= 15 is 0 Å². The monoisotopic (exact) mass is 436 g/mol. The molecule has 1 aliphatic carbocycles. The highest BCUT2D eigenvalue weighted by atomic mass is 16.5. The molecule has 8 heteroatoms. The number of ether oxygens (including phenoxy) is 1. The zero-order valence-electron chi connectivity index (χ0n) is 19.0. The van der Waals surface area contributed by atoms with Crippen molar-refractivity contribution >= 4 is 10.9 Å². The van der Waals surface area contributed by atoms with E-state index in [0.29, 0.717) is 24.1 Å². The molecule has 3 aromatic rings. The predicted octanol–water partition coefficient (Wildman–Crippen LogP) is 3.85. The number of fused-ring (bicyclic) bond motifs is 1. The molecule has 0 radical (unpaired) electrons. The molecule has 1 saturated carbocycles. The smallest absolute Gasteiger partial charge is 0.253 e. The van der Waals surface area contributed by atoms with Crippen LogP contribution in [0.1, 0.15) is 75.8 Å². The molecule has 0 unspecified atom stereocenters. The maximum absolute atomic E-state index is 13.3. The van der Waals surface area contributed by atoms with Crippen LogP contribution in [0.25, 0.3) is 10.9 Å². The number of pyridine rings is 1. The molecule has 8 nitrogen and oxygen atoms in total. The lowest BCUT2D eigenvalue weighted by atomic mass is 9.95. The first-order valence-corrected chi connectivity index (χ1v) is 12.0. The van der Waals surface area contributed by atoms with Crippen LogP contribution < -0.4 is 10.3 Å². The van der Waals surface area contributed by atoms with E-state index in [2.05, 4.69) is 32.3 Å². The Kier molecular flexibility index (Phi) is 5.95. The number of nitrogens with zero attached hydrogens (tertiary/aromatic N) is 5. The number of tetrazole rings is 1. The fourth-order valence-electron chi connectivity index (χ4n) is 5.41. The van der Waals surface area contributed by atoms with Crippen molar-refractivity contribution in [2.24, 2.45) is 5.92 Å². The predicted molar refractivity (Wildman–Crippen MR) is 123 cm³/mol. The number of nitrogens with one attached hydrogen (secondary N) is 1. The highest BCUT2D eigenvalue weighted by Gasteiger charge is 2.34. The summed E-state index contributed by atoms with van der Waals surface area (Å²) >= 11 is 0. The topological polar surface area (TPSA) is 88.9 Å². The van der Waals surface area contributed by atoms with Crippen LogP contribution in [0.2, 0.25) is 0 Å². The van der Waals surface area contributed by atoms with Gasteiger partial charge in [0, 0.05) is 23.0 Å². The van der Waals surface area contributed by atoms with Crippen molar-refractivity contribution in [3.63, 3.8) is 0 Å². The molecule has 2 aromatic heterocycles. The van der Waals surface area contributed by atoms with Gasteiger partial charge in [0.1, 0.15) is 11.8 Å². The average molecular weight is 437 g/mol. The van der Waals surface area contributed by atoms with Gasteiger partial charge in [-0.05, 0) is 79.8 Å². The average Bonchev–Trinajstić information content (AvgIpc) is 3.47. The molecule has 170 valence electrons. The van der Waals surface area contributed by atoms with Crippen molar-refractivity contribution in [1.29, 1.82) is 0 Å². The van der Waals surface area contributed by atoms with Crippen molar-refractivity contribution in [2.45, 2.75) is 64.5 Å². The fraction of sp³-hybridized carbons (Fsp3) is 0.583. The minimum absolute atomic E-state index is 0.0779. The standard InChI is InChI=1S/C24H32N6O2/c1-3-32-19-10-11-21-17(13-19)14-20(24(31)25-21)22(29-12-6-7-16(2)15-29)23-26-27-28-30(23)18-8-4-5-9-18/h10-11,13-14,16,18,22H,3-9,12,15H2,1-2H3,(H,25,31)/t16-,22-/m1/s1. The lowest BCUT2D eigenvalue weighted by Crippen LogP contribution is -2.41. The molecule has 0 spiro atoms. The zero-order chi connectivity index (χ0) is 22.1. The van der Waals surface area contributed by atoms with Gasteiger partial charge < -0.3 is 9.72 Å². The Morgan fingerprint density at radius 2 is 2.03 bits per heavy atom. The van der Waals surface area contributed by atoms with Crippen LogP contribution in [-0.2, 0) is 0 Å². The van der Waals surface area contributed by atoms with Crippen LogP contribution in [0.4, 0.5) is 0 Å². The summed E-state index contributed by atoms with van der Waals surface area (Å²) < 4.78 is 7.69. The van der Waals surface area contributed by atoms with Gasteiger partial charge in [-0.3, -0.25) is 9.69 Å². The number of benzene rings is 1. The summed E-state index contributed by atoms with van der Waals surface area (Å²) in [5, 5.41) is 13.9. The third-order valence-electron chi connectivity index (χ3n) is 6.94. The van der Waals surface area contributed by atoms with E-state index in [-0.39, 0.29) is 11.6 Å². The van der Waals surface area contributed by atoms with Gasteiger partial charge in [0.05, 0.1) is 12.6 Å². The van der Waals surface area contributed by atoms with Gasteiger partial charge in [0.2, 0.25) is 0 Å². The Bertz CT molecular complexity index is 1130. The number of likely N-dealkylation sites (tertiary alicyclic amines) is 1. The number of aromatic amines is 1. The first-order valence-electron chi connectivity index (χ1n) is 12.0. The van der Waals surface area contributed by atoms with E-state index < -0.39 is 0 Å². The molecule has 1 N–H and O–H groups in total. The van der Waals surface area contributed by atoms with Gasteiger partial charge in [-0.25, -0.2) is 4.68 Å². The Balaban J connectivity index is 1.63. The minimum Gasteiger partial charge on any atom is -0.494 e. The maximum Gasteiger partial charge on any atom is 0.253 e. The summed E-state index contributed by atoms with van der Waals surface area (Å²) in [6.07, 6.45) is 6.91. The molecule has 3 heterocycles. The number of hydrogen-bond acceptors (Lipinski definition) is 6. The van der Waals surface area contributed by atoms with Gasteiger partial charge in [-0.1, -0.05) is 19.8 Å². The van der Waals surface area contributed by atoms with Crippen LogP contribution in [-0.4, -0.2) is 49.8 Å². The number of H-pyrrole nitrogens is 1. The summed E-state index contributed by atoms with van der Waals surface area (Å²) in [6, 6.07) is 7.85. The number of piperidine rings is 1. The summed E-state index contributed by atoms with van der Waals surface area (Å²) in [6.45, 7) is 6.72. The SMILES string of the molecule is CCOc1ccc2[nH]c(=O)c([C@H](c3nnnn3C3CCCC3)N3CCC[C@@H](C)C3)cc2c1. The zero-order valence-corrected chi connectivity index (χ0v) is 19.0. The van der Waals surface area contributed by atoms with Gasteiger partial charge in [-0.15, -0.1) is 5.10 Å². The molecule has 2 fully saturated rings. The molecule has 5 rings (SSSR count). The van der Waals surface area contributed by atoms with Gasteiger partial charge in [0.25, 0.3) is 5.56 Å². The molecule has 1 saturated heterocycles. The number of aromatic nitrogens is 5. The van der Waals surface area contributed by atoms with Crippen LogP contribution >= 0.6 is 0 Å². The Morgan fingerprint density at radius 3 is 2.81 bits per heavy atom. The molecule has 0 bridgehead atoms. The van der Waals surface area contributed by atoms with Crippen molar-refractivity contribution in [2.75, 3.05) is 19.7 Å². The van der Waals surface area contributed by atoms with Crippen molar-refractivity contribution in [3.8, 4) is 5.75 Å². The molecular weight excluding hydrogens is 404 g/mol. The Morgan fingerprint density at radius 1 is 1.19 bits per heavy atom. The van der Waals surface area contributed by atoms with Crippen molar-refractivity contribution < 1.29 is 4.74 Å². The summed E-state index contributed by atoms with van der Waals surface area (Å²) in [5.74, 6) is 2.17. The lowest BCUT2D eigenvalue weighted by Gasteiger charge is -2.36. The van der Waals surface area contributed by atoms with E-state index in [1.54, 1.807) is 0 Å². The molecule has 1 aliphatic heterocycles. The maximum atomic E-state index is 13.3. The third kappa shape index (κ3) is 4.03. The molecular formula is C24H32N6O2. The first kappa shape index (κ1) is 21.1. The molecule has 1 aromatic carbocycles. The quantitative estimate of drug-likeness (QED) is 0.631.